The maximum absolute atomic E-state index is 12.0. The van der Waals surface area contributed by atoms with Gasteiger partial charge in [-0.2, -0.15) is 0 Å². The molecule has 0 bridgehead atoms. The van der Waals surface area contributed by atoms with Gasteiger partial charge in [-0.05, 0) is 41.8 Å². The van der Waals surface area contributed by atoms with Crippen LogP contribution in [0.3, 0.4) is 0 Å². The monoisotopic (exact) mass is 364 g/mol. The summed E-state index contributed by atoms with van der Waals surface area (Å²) in [5.74, 6) is 0.258. The number of benzene rings is 2. The van der Waals surface area contributed by atoms with E-state index in [1.165, 1.54) is 12.1 Å². The highest BCUT2D eigenvalue weighted by Crippen LogP contribution is 2.20. The number of ether oxygens (including phenoxy) is 2. The van der Waals surface area contributed by atoms with E-state index in [-0.39, 0.29) is 6.61 Å². The standard InChI is InChI=1S/C22H20O5/c1-3-15-6-10-19-17(13-22(24)27-20(19)12-15)14-26-21(23)11-7-16-4-8-18(25-2)9-5-16/h4-13H,3,14H2,1-2H3/b11-7+. The zero-order valence-electron chi connectivity index (χ0n) is 15.2. The van der Waals surface area contributed by atoms with Gasteiger partial charge in [0.1, 0.15) is 17.9 Å². The Morgan fingerprint density at radius 2 is 1.89 bits per heavy atom. The summed E-state index contributed by atoms with van der Waals surface area (Å²) >= 11 is 0. The molecule has 0 spiro atoms. The fourth-order valence-corrected chi connectivity index (χ4v) is 2.69. The van der Waals surface area contributed by atoms with Gasteiger partial charge in [0.15, 0.2) is 0 Å². The molecule has 0 saturated heterocycles. The van der Waals surface area contributed by atoms with E-state index < -0.39 is 11.6 Å². The second kappa shape index (κ2) is 8.36. The van der Waals surface area contributed by atoms with Crippen LogP contribution in [-0.2, 0) is 22.6 Å². The molecule has 3 rings (SSSR count). The lowest BCUT2D eigenvalue weighted by molar-refractivity contribution is -0.138. The van der Waals surface area contributed by atoms with Crippen molar-refractivity contribution in [2.24, 2.45) is 0 Å². The lowest BCUT2D eigenvalue weighted by Crippen LogP contribution is -2.05. The molecule has 0 unspecified atom stereocenters. The summed E-state index contributed by atoms with van der Waals surface area (Å²) in [5.41, 5.74) is 2.58. The molecule has 1 aromatic heterocycles. The molecule has 0 N–H and O–H groups in total. The fraction of sp³-hybridized carbons (Fsp3) is 0.182. The minimum absolute atomic E-state index is 0.000637. The van der Waals surface area contributed by atoms with Gasteiger partial charge in [0, 0.05) is 23.1 Å². The van der Waals surface area contributed by atoms with Crippen molar-refractivity contribution >= 4 is 23.0 Å². The van der Waals surface area contributed by atoms with Crippen molar-refractivity contribution in [1.82, 2.24) is 0 Å². The first-order valence-electron chi connectivity index (χ1n) is 8.63. The third-order valence-electron chi connectivity index (χ3n) is 4.20. The van der Waals surface area contributed by atoms with Crippen LogP contribution in [0, 0.1) is 0 Å². The molecule has 0 aliphatic rings. The van der Waals surface area contributed by atoms with Gasteiger partial charge in [0.25, 0.3) is 0 Å². The van der Waals surface area contributed by atoms with Crippen molar-refractivity contribution in [1.29, 1.82) is 0 Å². The maximum Gasteiger partial charge on any atom is 0.336 e. The number of aryl methyl sites for hydroxylation is 1. The Labute approximate surface area is 156 Å². The van der Waals surface area contributed by atoms with Crippen LogP contribution in [0.4, 0.5) is 0 Å². The number of esters is 1. The number of carbonyl (C=O) groups excluding carboxylic acids is 1. The van der Waals surface area contributed by atoms with E-state index in [2.05, 4.69) is 0 Å². The lowest BCUT2D eigenvalue weighted by Gasteiger charge is -2.07. The molecule has 27 heavy (non-hydrogen) atoms. The Bertz CT molecular complexity index is 1030. The average molecular weight is 364 g/mol. The summed E-state index contributed by atoms with van der Waals surface area (Å²) in [7, 11) is 1.60. The SMILES string of the molecule is CCc1ccc2c(COC(=O)/C=C/c3ccc(OC)cc3)cc(=O)oc2c1. The van der Waals surface area contributed by atoms with E-state index in [4.69, 9.17) is 13.9 Å². The van der Waals surface area contributed by atoms with E-state index in [1.807, 2.05) is 49.4 Å². The smallest absolute Gasteiger partial charge is 0.336 e. The number of hydrogen-bond acceptors (Lipinski definition) is 5. The van der Waals surface area contributed by atoms with Crippen LogP contribution in [0.25, 0.3) is 17.0 Å². The fourth-order valence-electron chi connectivity index (χ4n) is 2.69. The second-order valence-electron chi connectivity index (χ2n) is 5.99. The van der Waals surface area contributed by atoms with Crippen molar-refractivity contribution in [3.05, 3.63) is 81.7 Å². The Morgan fingerprint density at radius 3 is 2.59 bits per heavy atom. The predicted molar refractivity (Wildman–Crippen MR) is 104 cm³/mol. The summed E-state index contributed by atoms with van der Waals surface area (Å²) in [4.78, 5) is 23.8. The molecule has 0 aliphatic carbocycles. The van der Waals surface area contributed by atoms with Crippen molar-refractivity contribution in [2.75, 3.05) is 7.11 Å². The number of methoxy groups -OCH3 is 1. The predicted octanol–water partition coefficient (Wildman–Crippen LogP) is 4.12. The molecule has 0 saturated carbocycles. The Kier molecular flexibility index (Phi) is 5.71. The highest BCUT2D eigenvalue weighted by atomic mass is 16.5. The summed E-state index contributed by atoms with van der Waals surface area (Å²) in [6.07, 6.45) is 3.85. The van der Waals surface area contributed by atoms with Crippen LogP contribution in [0.15, 0.2) is 63.8 Å². The third kappa shape index (κ3) is 4.64. The quantitative estimate of drug-likeness (QED) is 0.374. The molecular weight excluding hydrogens is 344 g/mol. The van der Waals surface area contributed by atoms with Crippen LogP contribution in [0.1, 0.15) is 23.6 Å². The first kappa shape index (κ1) is 18.5. The Balaban J connectivity index is 1.71. The van der Waals surface area contributed by atoms with Gasteiger partial charge in [0.2, 0.25) is 0 Å². The minimum atomic E-state index is -0.489. The summed E-state index contributed by atoms with van der Waals surface area (Å²) < 4.78 is 15.6. The first-order chi connectivity index (χ1) is 13.1. The van der Waals surface area contributed by atoms with Gasteiger partial charge in [-0.3, -0.25) is 0 Å². The lowest BCUT2D eigenvalue weighted by atomic mass is 10.1. The molecule has 0 fully saturated rings. The zero-order chi connectivity index (χ0) is 19.2. The summed E-state index contributed by atoms with van der Waals surface area (Å²) in [5, 5.41) is 0.763. The van der Waals surface area contributed by atoms with Crippen molar-refractivity contribution < 1.29 is 18.7 Å². The van der Waals surface area contributed by atoms with E-state index in [1.54, 1.807) is 13.2 Å². The van der Waals surface area contributed by atoms with Gasteiger partial charge in [-0.1, -0.05) is 31.2 Å². The minimum Gasteiger partial charge on any atom is -0.497 e. The molecule has 2 aromatic carbocycles. The Morgan fingerprint density at radius 1 is 1.11 bits per heavy atom. The second-order valence-corrected chi connectivity index (χ2v) is 5.99. The largest absolute Gasteiger partial charge is 0.497 e. The van der Waals surface area contributed by atoms with E-state index in [0.29, 0.717) is 11.1 Å². The number of fused-ring (bicyclic) bond motifs is 1. The molecule has 5 nitrogen and oxygen atoms in total. The molecular formula is C22H20O5. The maximum atomic E-state index is 12.0. The highest BCUT2D eigenvalue weighted by Gasteiger charge is 2.08. The number of rotatable bonds is 6. The van der Waals surface area contributed by atoms with Gasteiger partial charge < -0.3 is 13.9 Å². The molecule has 5 heteroatoms. The molecule has 0 aliphatic heterocycles. The summed E-state index contributed by atoms with van der Waals surface area (Å²) in [6.45, 7) is 2.03. The van der Waals surface area contributed by atoms with Gasteiger partial charge in [0.05, 0.1) is 7.11 Å². The Hall–Kier alpha value is -3.34. The highest BCUT2D eigenvalue weighted by molar-refractivity contribution is 5.87. The van der Waals surface area contributed by atoms with E-state index in [0.717, 1.165) is 28.7 Å². The first-order valence-corrected chi connectivity index (χ1v) is 8.63. The van der Waals surface area contributed by atoms with Crippen molar-refractivity contribution in [3.63, 3.8) is 0 Å². The van der Waals surface area contributed by atoms with Crippen LogP contribution >= 0.6 is 0 Å². The molecule has 0 atom stereocenters. The topological polar surface area (TPSA) is 65.7 Å². The molecule has 3 aromatic rings. The average Bonchev–Trinajstić information content (AvgIpc) is 2.70. The van der Waals surface area contributed by atoms with Gasteiger partial charge in [-0.15, -0.1) is 0 Å². The zero-order valence-corrected chi connectivity index (χ0v) is 15.2. The molecule has 138 valence electrons. The molecule has 0 amide bonds. The van der Waals surface area contributed by atoms with Crippen LogP contribution in [-0.4, -0.2) is 13.1 Å². The van der Waals surface area contributed by atoms with E-state index >= 15 is 0 Å². The van der Waals surface area contributed by atoms with Gasteiger partial charge >= 0.3 is 11.6 Å². The molecule has 1 heterocycles. The molecule has 0 radical (unpaired) electrons. The summed E-state index contributed by atoms with van der Waals surface area (Å²) in [6, 6.07) is 14.3. The third-order valence-corrected chi connectivity index (χ3v) is 4.20. The van der Waals surface area contributed by atoms with Crippen LogP contribution < -0.4 is 10.4 Å². The van der Waals surface area contributed by atoms with E-state index in [9.17, 15) is 9.59 Å². The number of hydrogen-bond donors (Lipinski definition) is 0. The van der Waals surface area contributed by atoms with Crippen molar-refractivity contribution in [2.45, 2.75) is 20.0 Å². The van der Waals surface area contributed by atoms with Crippen molar-refractivity contribution in [3.8, 4) is 5.75 Å². The number of carbonyl (C=O) groups is 1. The normalized spacial score (nSPS) is 11.0. The van der Waals surface area contributed by atoms with Crippen LogP contribution in [0.2, 0.25) is 0 Å². The van der Waals surface area contributed by atoms with Gasteiger partial charge in [-0.25, -0.2) is 9.59 Å². The van der Waals surface area contributed by atoms with Crippen LogP contribution in [0.5, 0.6) is 5.75 Å².